The molecule has 3 heteroatoms. The Labute approximate surface area is 84.5 Å². The van der Waals surface area contributed by atoms with Gasteiger partial charge in [-0.2, -0.15) is 0 Å². The van der Waals surface area contributed by atoms with Gasteiger partial charge in [0, 0.05) is 6.20 Å². The zero-order valence-corrected chi connectivity index (χ0v) is 8.66. The number of hydrogen-bond donors (Lipinski definition) is 1. The molecule has 0 spiro atoms. The van der Waals surface area contributed by atoms with Crippen molar-refractivity contribution in [2.75, 3.05) is 18.5 Å². The molecule has 2 heterocycles. The largest absolute Gasteiger partial charge is 0.377 e. The van der Waals surface area contributed by atoms with Crippen LogP contribution in [-0.2, 0) is 4.74 Å². The van der Waals surface area contributed by atoms with Gasteiger partial charge in [0.2, 0.25) is 0 Å². The summed E-state index contributed by atoms with van der Waals surface area (Å²) in [6.45, 7) is 5.94. The summed E-state index contributed by atoms with van der Waals surface area (Å²) in [6, 6.07) is 4.61. The third-order valence-corrected chi connectivity index (χ3v) is 2.44. The van der Waals surface area contributed by atoms with Gasteiger partial charge in [-0.3, -0.25) is 0 Å². The lowest BCUT2D eigenvalue weighted by atomic mass is 10.1. The maximum atomic E-state index is 5.08. The molecule has 1 aromatic heterocycles. The van der Waals surface area contributed by atoms with Crippen molar-refractivity contribution in [2.24, 2.45) is 0 Å². The van der Waals surface area contributed by atoms with Crippen molar-refractivity contribution in [3.05, 3.63) is 23.9 Å². The van der Waals surface area contributed by atoms with E-state index in [1.165, 1.54) is 5.56 Å². The molecule has 2 rings (SSSR count). The first-order valence-corrected chi connectivity index (χ1v) is 5.06. The Balaban J connectivity index is 1.98. The molecule has 0 atom stereocenters. The molecule has 1 saturated heterocycles. The average Bonchev–Trinajstić information content (AvgIpc) is 2.12. The first-order valence-electron chi connectivity index (χ1n) is 5.06. The van der Waals surface area contributed by atoms with Crippen LogP contribution in [0.25, 0.3) is 0 Å². The summed E-state index contributed by atoms with van der Waals surface area (Å²) >= 11 is 0. The molecular formula is C11H16N2O. The topological polar surface area (TPSA) is 34.1 Å². The first-order chi connectivity index (χ1) is 6.75. The molecule has 0 unspecified atom stereocenters. The van der Waals surface area contributed by atoms with Crippen LogP contribution < -0.4 is 5.32 Å². The molecule has 0 saturated carbocycles. The van der Waals surface area contributed by atoms with E-state index in [9.17, 15) is 0 Å². The van der Waals surface area contributed by atoms with Crippen LogP contribution in [0.4, 0.5) is 5.82 Å². The number of hydrogen-bond acceptors (Lipinski definition) is 3. The Morgan fingerprint density at radius 2 is 2.21 bits per heavy atom. The van der Waals surface area contributed by atoms with E-state index in [1.807, 2.05) is 12.3 Å². The van der Waals surface area contributed by atoms with Crippen LogP contribution in [0, 0.1) is 0 Å². The van der Waals surface area contributed by atoms with E-state index in [2.05, 4.69) is 30.2 Å². The van der Waals surface area contributed by atoms with E-state index in [-0.39, 0.29) is 0 Å². The SMILES string of the molecule is CC(C)c1ccc(NC2COC2)nc1. The second-order valence-corrected chi connectivity index (χ2v) is 4.01. The third-order valence-electron chi connectivity index (χ3n) is 2.44. The van der Waals surface area contributed by atoms with Gasteiger partial charge in [-0.1, -0.05) is 19.9 Å². The highest BCUT2D eigenvalue weighted by molar-refractivity contribution is 5.37. The summed E-state index contributed by atoms with van der Waals surface area (Å²) in [6.07, 6.45) is 1.94. The molecule has 0 amide bonds. The summed E-state index contributed by atoms with van der Waals surface area (Å²) in [7, 11) is 0. The molecule has 1 fully saturated rings. The van der Waals surface area contributed by atoms with Gasteiger partial charge in [0.15, 0.2) is 0 Å². The van der Waals surface area contributed by atoms with E-state index >= 15 is 0 Å². The van der Waals surface area contributed by atoms with E-state index in [4.69, 9.17) is 4.74 Å². The second-order valence-electron chi connectivity index (χ2n) is 4.01. The Hall–Kier alpha value is -1.09. The van der Waals surface area contributed by atoms with Crippen LogP contribution in [0.15, 0.2) is 18.3 Å². The molecule has 1 aromatic rings. The lowest BCUT2D eigenvalue weighted by Gasteiger charge is -2.27. The van der Waals surface area contributed by atoms with Crippen molar-refractivity contribution in [2.45, 2.75) is 25.8 Å². The van der Waals surface area contributed by atoms with Gasteiger partial charge in [-0.05, 0) is 17.5 Å². The van der Waals surface area contributed by atoms with Crippen LogP contribution in [0.5, 0.6) is 0 Å². The Morgan fingerprint density at radius 1 is 1.43 bits per heavy atom. The molecule has 1 aliphatic rings. The van der Waals surface area contributed by atoms with Crippen molar-refractivity contribution in [3.8, 4) is 0 Å². The fourth-order valence-corrected chi connectivity index (χ4v) is 1.36. The molecule has 0 aromatic carbocycles. The first kappa shape index (κ1) is 9.46. The smallest absolute Gasteiger partial charge is 0.126 e. The summed E-state index contributed by atoms with van der Waals surface area (Å²) in [4.78, 5) is 4.36. The quantitative estimate of drug-likeness (QED) is 0.795. The maximum Gasteiger partial charge on any atom is 0.126 e. The van der Waals surface area contributed by atoms with Crippen molar-refractivity contribution in [1.29, 1.82) is 0 Å². The Morgan fingerprint density at radius 3 is 2.64 bits per heavy atom. The number of aromatic nitrogens is 1. The van der Waals surface area contributed by atoms with Gasteiger partial charge in [-0.25, -0.2) is 4.98 Å². The number of rotatable bonds is 3. The Kier molecular flexibility index (Phi) is 2.68. The Bertz CT molecular complexity index is 291. The molecule has 0 radical (unpaired) electrons. The highest BCUT2D eigenvalue weighted by atomic mass is 16.5. The molecule has 0 bridgehead atoms. The molecule has 3 nitrogen and oxygen atoms in total. The lowest BCUT2D eigenvalue weighted by molar-refractivity contribution is 0.0209. The van der Waals surface area contributed by atoms with E-state index in [1.54, 1.807) is 0 Å². The summed E-state index contributed by atoms with van der Waals surface area (Å²) < 4.78 is 5.08. The fourth-order valence-electron chi connectivity index (χ4n) is 1.36. The van der Waals surface area contributed by atoms with Gasteiger partial charge in [0.25, 0.3) is 0 Å². The minimum Gasteiger partial charge on any atom is -0.377 e. The predicted molar refractivity (Wildman–Crippen MR) is 56.6 cm³/mol. The average molecular weight is 192 g/mol. The molecule has 76 valence electrons. The van der Waals surface area contributed by atoms with Gasteiger partial charge >= 0.3 is 0 Å². The minimum absolute atomic E-state index is 0.451. The number of ether oxygens (including phenoxy) is 1. The van der Waals surface area contributed by atoms with Gasteiger partial charge in [-0.15, -0.1) is 0 Å². The molecule has 1 N–H and O–H groups in total. The van der Waals surface area contributed by atoms with Gasteiger partial charge < -0.3 is 10.1 Å². The lowest BCUT2D eigenvalue weighted by Crippen LogP contribution is -2.40. The standard InChI is InChI=1S/C11H16N2O/c1-8(2)9-3-4-11(12-5-9)13-10-6-14-7-10/h3-5,8,10H,6-7H2,1-2H3,(H,12,13). The summed E-state index contributed by atoms with van der Waals surface area (Å²) in [5.74, 6) is 1.49. The second kappa shape index (κ2) is 3.96. The minimum atomic E-state index is 0.451. The van der Waals surface area contributed by atoms with Crippen molar-refractivity contribution in [3.63, 3.8) is 0 Å². The van der Waals surface area contributed by atoms with Crippen LogP contribution >= 0.6 is 0 Å². The van der Waals surface area contributed by atoms with Crippen LogP contribution in [0.1, 0.15) is 25.3 Å². The van der Waals surface area contributed by atoms with E-state index in [0.29, 0.717) is 12.0 Å². The van der Waals surface area contributed by atoms with Crippen LogP contribution in [0.3, 0.4) is 0 Å². The zero-order valence-electron chi connectivity index (χ0n) is 8.66. The van der Waals surface area contributed by atoms with Crippen molar-refractivity contribution in [1.82, 2.24) is 4.98 Å². The number of nitrogens with zero attached hydrogens (tertiary/aromatic N) is 1. The number of nitrogens with one attached hydrogen (secondary N) is 1. The van der Waals surface area contributed by atoms with Crippen molar-refractivity contribution >= 4 is 5.82 Å². The molecule has 0 aliphatic carbocycles. The zero-order chi connectivity index (χ0) is 9.97. The monoisotopic (exact) mass is 192 g/mol. The van der Waals surface area contributed by atoms with E-state index in [0.717, 1.165) is 19.0 Å². The molecule has 1 aliphatic heterocycles. The van der Waals surface area contributed by atoms with E-state index < -0.39 is 0 Å². The molecule has 14 heavy (non-hydrogen) atoms. The van der Waals surface area contributed by atoms with Crippen LogP contribution in [-0.4, -0.2) is 24.2 Å². The van der Waals surface area contributed by atoms with Crippen molar-refractivity contribution < 1.29 is 4.74 Å². The maximum absolute atomic E-state index is 5.08. The summed E-state index contributed by atoms with van der Waals surface area (Å²) in [5.41, 5.74) is 1.28. The highest BCUT2D eigenvalue weighted by Crippen LogP contribution is 2.15. The third kappa shape index (κ3) is 2.04. The predicted octanol–water partition coefficient (Wildman–Crippen LogP) is 2.02. The highest BCUT2D eigenvalue weighted by Gasteiger charge is 2.17. The number of anilines is 1. The molecular weight excluding hydrogens is 176 g/mol. The van der Waals surface area contributed by atoms with Crippen LogP contribution in [0.2, 0.25) is 0 Å². The van der Waals surface area contributed by atoms with Gasteiger partial charge in [0.1, 0.15) is 5.82 Å². The number of pyridine rings is 1. The normalized spacial score (nSPS) is 16.8. The fraction of sp³-hybridized carbons (Fsp3) is 0.545. The van der Waals surface area contributed by atoms with Gasteiger partial charge in [0.05, 0.1) is 19.3 Å². The summed E-state index contributed by atoms with van der Waals surface area (Å²) in [5, 5.41) is 3.31.